The van der Waals surface area contributed by atoms with E-state index in [9.17, 15) is 0 Å². The number of para-hydroxylation sites is 1. The smallest absolute Gasteiger partial charge is 0.127 e. The Morgan fingerprint density at radius 3 is 2.57 bits per heavy atom. The van der Waals surface area contributed by atoms with Crippen LogP contribution in [0, 0.1) is 0 Å². The van der Waals surface area contributed by atoms with Crippen LogP contribution in [-0.4, -0.2) is 24.2 Å². The molecule has 0 aliphatic heterocycles. The third kappa shape index (κ3) is 5.44. The number of pyridine rings is 1. The van der Waals surface area contributed by atoms with Gasteiger partial charge in [-0.25, -0.2) is 0 Å². The molecule has 0 aliphatic rings. The van der Waals surface area contributed by atoms with Gasteiger partial charge in [0.1, 0.15) is 24.7 Å². The number of ether oxygens (including phenoxy) is 2. The lowest BCUT2D eigenvalue weighted by molar-refractivity contribution is 0.215. The van der Waals surface area contributed by atoms with Crippen molar-refractivity contribution in [1.82, 2.24) is 10.3 Å². The zero-order valence-electron chi connectivity index (χ0n) is 12.6. The summed E-state index contributed by atoms with van der Waals surface area (Å²) < 4.78 is 11.4. The molecule has 112 valence electrons. The highest BCUT2D eigenvalue weighted by molar-refractivity contribution is 5.30. The summed E-state index contributed by atoms with van der Waals surface area (Å²) in [6, 6.07) is 12.1. The number of nitrogens with zero attached hydrogens (tertiary/aromatic N) is 1. The van der Waals surface area contributed by atoms with Gasteiger partial charge in [0.2, 0.25) is 0 Å². The molecule has 1 aromatic carbocycles. The molecule has 0 aliphatic carbocycles. The van der Waals surface area contributed by atoms with E-state index in [4.69, 9.17) is 9.47 Å². The second kappa shape index (κ2) is 8.27. The number of aromatic nitrogens is 1. The first-order chi connectivity index (χ1) is 10.3. The lowest BCUT2D eigenvalue weighted by Gasteiger charge is -2.13. The van der Waals surface area contributed by atoms with Gasteiger partial charge in [-0.1, -0.05) is 32.0 Å². The Morgan fingerprint density at radius 1 is 1.05 bits per heavy atom. The third-order valence-electron chi connectivity index (χ3n) is 2.91. The van der Waals surface area contributed by atoms with Crippen molar-refractivity contribution in [3.05, 3.63) is 54.4 Å². The largest absolute Gasteiger partial charge is 0.490 e. The fourth-order valence-corrected chi connectivity index (χ4v) is 1.83. The zero-order valence-corrected chi connectivity index (χ0v) is 12.6. The summed E-state index contributed by atoms with van der Waals surface area (Å²) in [7, 11) is 0. The van der Waals surface area contributed by atoms with E-state index in [0.29, 0.717) is 19.3 Å². The molecule has 1 N–H and O–H groups in total. The Morgan fingerprint density at radius 2 is 1.81 bits per heavy atom. The average Bonchev–Trinajstić information content (AvgIpc) is 2.51. The molecule has 4 nitrogen and oxygen atoms in total. The Kier molecular flexibility index (Phi) is 6.03. The number of hydrogen-bond acceptors (Lipinski definition) is 4. The summed E-state index contributed by atoms with van der Waals surface area (Å²) in [5.41, 5.74) is 1.06. The predicted molar refractivity (Wildman–Crippen MR) is 83.6 cm³/mol. The van der Waals surface area contributed by atoms with Gasteiger partial charge in [-0.15, -0.1) is 0 Å². The Labute approximate surface area is 126 Å². The fourth-order valence-electron chi connectivity index (χ4n) is 1.83. The molecule has 0 bridgehead atoms. The topological polar surface area (TPSA) is 43.4 Å². The molecule has 0 fully saturated rings. The van der Waals surface area contributed by atoms with Gasteiger partial charge in [0.25, 0.3) is 0 Å². The molecule has 1 aromatic heterocycles. The molecule has 4 heteroatoms. The van der Waals surface area contributed by atoms with Gasteiger partial charge in [-0.3, -0.25) is 4.98 Å². The van der Waals surface area contributed by atoms with Gasteiger partial charge >= 0.3 is 0 Å². The van der Waals surface area contributed by atoms with Crippen molar-refractivity contribution in [2.45, 2.75) is 26.4 Å². The van der Waals surface area contributed by atoms with E-state index in [2.05, 4.69) is 24.1 Å². The van der Waals surface area contributed by atoms with Gasteiger partial charge < -0.3 is 14.8 Å². The van der Waals surface area contributed by atoms with Crippen molar-refractivity contribution in [3.8, 4) is 11.5 Å². The fraction of sp³-hybridized carbons (Fsp3) is 0.353. The Balaban J connectivity index is 1.80. The highest BCUT2D eigenvalue weighted by Crippen LogP contribution is 2.16. The zero-order chi connectivity index (χ0) is 14.9. The van der Waals surface area contributed by atoms with Crippen LogP contribution in [0.25, 0.3) is 0 Å². The van der Waals surface area contributed by atoms with Gasteiger partial charge in [0.15, 0.2) is 0 Å². The maximum absolute atomic E-state index is 5.79. The van der Waals surface area contributed by atoms with E-state index < -0.39 is 0 Å². The molecular formula is C17H22N2O2. The summed E-state index contributed by atoms with van der Waals surface area (Å²) in [4.78, 5) is 4.15. The molecule has 21 heavy (non-hydrogen) atoms. The van der Waals surface area contributed by atoms with Crippen LogP contribution in [0.5, 0.6) is 11.5 Å². The van der Waals surface area contributed by atoms with Gasteiger partial charge in [0.05, 0.1) is 0 Å². The lowest BCUT2D eigenvalue weighted by Crippen LogP contribution is -2.22. The molecule has 0 saturated carbocycles. The molecule has 0 radical (unpaired) electrons. The monoisotopic (exact) mass is 286 g/mol. The molecule has 1 heterocycles. The molecule has 0 unspecified atom stereocenters. The molecule has 0 spiro atoms. The Bertz CT molecular complexity index is 529. The van der Waals surface area contributed by atoms with Crippen molar-refractivity contribution in [1.29, 1.82) is 0 Å². The van der Waals surface area contributed by atoms with Crippen molar-refractivity contribution in [3.63, 3.8) is 0 Å². The number of hydrogen-bond donors (Lipinski definition) is 1. The lowest BCUT2D eigenvalue weighted by atomic mass is 10.2. The second-order valence-electron chi connectivity index (χ2n) is 5.03. The highest BCUT2D eigenvalue weighted by Gasteiger charge is 2.04. The van der Waals surface area contributed by atoms with Crippen LogP contribution in [-0.2, 0) is 6.54 Å². The first-order valence-electron chi connectivity index (χ1n) is 7.22. The second-order valence-corrected chi connectivity index (χ2v) is 5.03. The number of nitrogens with one attached hydrogen (secondary N) is 1. The first kappa shape index (κ1) is 15.3. The van der Waals surface area contributed by atoms with E-state index in [1.807, 2.05) is 42.6 Å². The standard InChI is InChI=1S/C17H22N2O2/c1-14(2)19-13-15-12-18-9-8-17(15)21-11-10-20-16-6-4-3-5-7-16/h3-9,12,14,19H,10-11,13H2,1-2H3. The summed E-state index contributed by atoms with van der Waals surface area (Å²) in [5.74, 6) is 1.72. The van der Waals surface area contributed by atoms with Crippen LogP contribution in [0.1, 0.15) is 19.4 Å². The van der Waals surface area contributed by atoms with Crippen molar-refractivity contribution < 1.29 is 9.47 Å². The first-order valence-corrected chi connectivity index (χ1v) is 7.22. The van der Waals surface area contributed by atoms with Gasteiger partial charge in [-0.2, -0.15) is 0 Å². The Hall–Kier alpha value is -2.07. The molecule has 0 atom stereocenters. The summed E-state index contributed by atoms with van der Waals surface area (Å²) >= 11 is 0. The predicted octanol–water partition coefficient (Wildman–Crippen LogP) is 3.04. The highest BCUT2D eigenvalue weighted by atomic mass is 16.5. The van der Waals surface area contributed by atoms with Crippen molar-refractivity contribution in [2.75, 3.05) is 13.2 Å². The number of benzene rings is 1. The van der Waals surface area contributed by atoms with Crippen LogP contribution in [0.3, 0.4) is 0 Å². The van der Waals surface area contributed by atoms with Crippen LogP contribution >= 0.6 is 0 Å². The van der Waals surface area contributed by atoms with Gasteiger partial charge in [-0.05, 0) is 18.2 Å². The van der Waals surface area contributed by atoms with Crippen LogP contribution in [0.15, 0.2) is 48.8 Å². The third-order valence-corrected chi connectivity index (χ3v) is 2.91. The van der Waals surface area contributed by atoms with Crippen molar-refractivity contribution in [2.24, 2.45) is 0 Å². The van der Waals surface area contributed by atoms with Crippen molar-refractivity contribution >= 4 is 0 Å². The quantitative estimate of drug-likeness (QED) is 0.758. The van der Waals surface area contributed by atoms with E-state index >= 15 is 0 Å². The van der Waals surface area contributed by atoms with Crippen LogP contribution in [0.2, 0.25) is 0 Å². The summed E-state index contributed by atoms with van der Waals surface area (Å²) in [5, 5.41) is 3.37. The summed E-state index contributed by atoms with van der Waals surface area (Å²) in [6.45, 7) is 6.01. The van der Waals surface area contributed by atoms with Crippen LogP contribution < -0.4 is 14.8 Å². The maximum Gasteiger partial charge on any atom is 0.127 e. The molecule has 0 amide bonds. The van der Waals surface area contributed by atoms with Crippen LogP contribution in [0.4, 0.5) is 0 Å². The minimum absolute atomic E-state index is 0.430. The van der Waals surface area contributed by atoms with Gasteiger partial charge in [0, 0.05) is 30.5 Å². The average molecular weight is 286 g/mol. The van der Waals surface area contributed by atoms with E-state index in [1.165, 1.54) is 0 Å². The molecule has 0 saturated heterocycles. The van der Waals surface area contributed by atoms with E-state index in [-0.39, 0.29) is 0 Å². The normalized spacial score (nSPS) is 10.6. The van der Waals surface area contributed by atoms with E-state index in [0.717, 1.165) is 23.6 Å². The molecule has 2 rings (SSSR count). The maximum atomic E-state index is 5.79. The minimum Gasteiger partial charge on any atom is -0.490 e. The molecule has 2 aromatic rings. The van der Waals surface area contributed by atoms with E-state index in [1.54, 1.807) is 6.20 Å². The summed E-state index contributed by atoms with van der Waals surface area (Å²) in [6.07, 6.45) is 3.58. The molecular weight excluding hydrogens is 264 g/mol. The minimum atomic E-state index is 0.430. The number of rotatable bonds is 8. The SMILES string of the molecule is CC(C)NCc1cnccc1OCCOc1ccccc1.